The van der Waals surface area contributed by atoms with Gasteiger partial charge >= 0.3 is 0 Å². The molecule has 0 N–H and O–H groups in total. The predicted octanol–water partition coefficient (Wildman–Crippen LogP) is 2.94. The minimum Gasteiger partial charge on any atom is -0.297 e. The summed E-state index contributed by atoms with van der Waals surface area (Å²) in [7, 11) is 0. The first-order valence-corrected chi connectivity index (χ1v) is 7.24. The number of Topliss-reactive ketones (excluding diaryl/α,β-unsaturated/α-hetero) is 1. The van der Waals surface area contributed by atoms with Crippen molar-refractivity contribution in [3.63, 3.8) is 0 Å². The number of rotatable bonds is 2. The van der Waals surface area contributed by atoms with Crippen molar-refractivity contribution in [2.75, 3.05) is 11.5 Å². The van der Waals surface area contributed by atoms with E-state index in [0.717, 1.165) is 12.8 Å². The molecule has 0 unspecified atom stereocenters. The highest BCUT2D eigenvalue weighted by Crippen LogP contribution is 2.36. The van der Waals surface area contributed by atoms with Gasteiger partial charge in [0.1, 0.15) is 4.58 Å². The first-order chi connectivity index (χ1) is 6.38. The molecule has 0 bridgehead atoms. The third kappa shape index (κ3) is 2.44. The molecular formula is C10H16OS2. The van der Waals surface area contributed by atoms with Crippen molar-refractivity contribution in [1.29, 1.82) is 0 Å². The number of hydrogen-bond donors (Lipinski definition) is 0. The van der Waals surface area contributed by atoms with Gasteiger partial charge in [-0.15, -0.1) is 23.5 Å². The minimum absolute atomic E-state index is 0.289. The maximum atomic E-state index is 12.0. The molecule has 0 atom stereocenters. The Bertz CT molecular complexity index is 181. The van der Waals surface area contributed by atoms with Crippen LogP contribution in [0, 0.1) is 5.92 Å². The summed E-state index contributed by atoms with van der Waals surface area (Å²) in [6, 6.07) is 0. The van der Waals surface area contributed by atoms with Crippen LogP contribution < -0.4 is 0 Å². The van der Waals surface area contributed by atoms with Crippen LogP contribution in [0.5, 0.6) is 0 Å². The van der Waals surface area contributed by atoms with Crippen molar-refractivity contribution < 1.29 is 4.79 Å². The van der Waals surface area contributed by atoms with Gasteiger partial charge in [-0.1, -0.05) is 12.8 Å². The Morgan fingerprint density at radius 3 is 2.23 bits per heavy atom. The van der Waals surface area contributed by atoms with Gasteiger partial charge in [-0.05, 0) is 30.8 Å². The molecule has 0 spiro atoms. The van der Waals surface area contributed by atoms with E-state index in [1.807, 2.05) is 23.5 Å². The highest BCUT2D eigenvalue weighted by atomic mass is 32.2. The molecule has 1 saturated heterocycles. The van der Waals surface area contributed by atoms with Gasteiger partial charge in [-0.2, -0.15) is 0 Å². The van der Waals surface area contributed by atoms with Crippen molar-refractivity contribution >= 4 is 29.3 Å². The zero-order valence-corrected chi connectivity index (χ0v) is 9.46. The van der Waals surface area contributed by atoms with Gasteiger partial charge in [0.2, 0.25) is 0 Å². The third-order valence-electron chi connectivity index (χ3n) is 2.82. The third-order valence-corrected chi connectivity index (χ3v) is 5.75. The van der Waals surface area contributed by atoms with Crippen LogP contribution in [0.3, 0.4) is 0 Å². The molecule has 2 aliphatic rings. The number of carbonyl (C=O) groups is 1. The van der Waals surface area contributed by atoms with E-state index in [1.54, 1.807) is 0 Å². The quantitative estimate of drug-likeness (QED) is 0.706. The zero-order valence-electron chi connectivity index (χ0n) is 7.83. The van der Waals surface area contributed by atoms with Crippen LogP contribution in [-0.2, 0) is 4.79 Å². The smallest absolute Gasteiger partial charge is 0.158 e. The van der Waals surface area contributed by atoms with Crippen LogP contribution in [0.25, 0.3) is 0 Å². The molecule has 1 aliphatic heterocycles. The number of thioether (sulfide) groups is 2. The average Bonchev–Trinajstić information content (AvgIpc) is 2.71. The average molecular weight is 216 g/mol. The molecule has 0 aromatic rings. The molecule has 1 heterocycles. The van der Waals surface area contributed by atoms with Crippen molar-refractivity contribution in [2.24, 2.45) is 5.92 Å². The van der Waals surface area contributed by atoms with Crippen LogP contribution in [0.15, 0.2) is 0 Å². The van der Waals surface area contributed by atoms with Gasteiger partial charge in [0.25, 0.3) is 0 Å². The van der Waals surface area contributed by atoms with E-state index < -0.39 is 0 Å². The van der Waals surface area contributed by atoms with Crippen LogP contribution >= 0.6 is 23.5 Å². The molecule has 1 nitrogen and oxygen atoms in total. The van der Waals surface area contributed by atoms with E-state index in [0.29, 0.717) is 11.7 Å². The molecule has 3 heteroatoms. The molecule has 2 rings (SSSR count). The second-order valence-electron chi connectivity index (χ2n) is 3.81. The van der Waals surface area contributed by atoms with Crippen molar-refractivity contribution in [2.45, 2.75) is 36.7 Å². The summed E-state index contributed by atoms with van der Waals surface area (Å²) in [5.74, 6) is 3.35. The summed E-state index contributed by atoms with van der Waals surface area (Å²) in [5.41, 5.74) is 0. The zero-order chi connectivity index (χ0) is 9.10. The van der Waals surface area contributed by atoms with Crippen LogP contribution in [0.4, 0.5) is 0 Å². The van der Waals surface area contributed by atoms with E-state index in [1.165, 1.54) is 30.8 Å². The lowest BCUT2D eigenvalue weighted by Gasteiger charge is -2.22. The van der Waals surface area contributed by atoms with Gasteiger partial charge in [0, 0.05) is 5.92 Å². The lowest BCUT2D eigenvalue weighted by atomic mass is 10.0. The number of hydrogen-bond acceptors (Lipinski definition) is 3. The van der Waals surface area contributed by atoms with E-state index in [2.05, 4.69) is 0 Å². The molecule has 2 fully saturated rings. The molecule has 1 saturated carbocycles. The lowest BCUT2D eigenvalue weighted by Crippen LogP contribution is -2.24. The largest absolute Gasteiger partial charge is 0.297 e. The normalized spacial score (nSPS) is 26.5. The van der Waals surface area contributed by atoms with E-state index >= 15 is 0 Å². The topological polar surface area (TPSA) is 17.1 Å². The molecule has 0 aromatic heterocycles. The lowest BCUT2D eigenvalue weighted by molar-refractivity contribution is -0.120. The van der Waals surface area contributed by atoms with Crippen LogP contribution in [0.2, 0.25) is 0 Å². The van der Waals surface area contributed by atoms with Gasteiger partial charge in [-0.25, -0.2) is 0 Å². The van der Waals surface area contributed by atoms with Gasteiger partial charge in [-0.3, -0.25) is 4.79 Å². The van der Waals surface area contributed by atoms with Crippen molar-refractivity contribution in [3.8, 4) is 0 Å². The maximum absolute atomic E-state index is 12.0. The Kier molecular flexibility index (Phi) is 3.61. The SMILES string of the molecule is O=C(C1CCCC1)C1SCCCS1. The summed E-state index contributed by atoms with van der Waals surface area (Å²) in [5, 5.41) is 0. The molecule has 0 amide bonds. The fourth-order valence-electron chi connectivity index (χ4n) is 2.05. The molecule has 13 heavy (non-hydrogen) atoms. The van der Waals surface area contributed by atoms with Crippen molar-refractivity contribution in [3.05, 3.63) is 0 Å². The highest BCUT2D eigenvalue weighted by molar-refractivity contribution is 8.18. The Morgan fingerprint density at radius 1 is 1.00 bits per heavy atom. The van der Waals surface area contributed by atoms with Crippen LogP contribution in [-0.4, -0.2) is 21.9 Å². The van der Waals surface area contributed by atoms with Crippen molar-refractivity contribution in [1.82, 2.24) is 0 Å². The monoisotopic (exact) mass is 216 g/mol. The first kappa shape index (κ1) is 9.91. The second kappa shape index (κ2) is 4.74. The Balaban J connectivity index is 1.87. The Hall–Kier alpha value is 0.370. The number of ketones is 1. The summed E-state index contributed by atoms with van der Waals surface area (Å²) in [4.78, 5) is 12.0. The standard InChI is InChI=1S/C10H16OS2/c11-9(8-4-1-2-5-8)10-12-6-3-7-13-10/h8,10H,1-7H2. The van der Waals surface area contributed by atoms with Gasteiger partial charge in [0.05, 0.1) is 0 Å². The molecule has 0 aromatic carbocycles. The Morgan fingerprint density at radius 2 is 1.62 bits per heavy atom. The maximum Gasteiger partial charge on any atom is 0.158 e. The number of carbonyl (C=O) groups excluding carboxylic acids is 1. The van der Waals surface area contributed by atoms with E-state index in [-0.39, 0.29) is 4.58 Å². The molecular weight excluding hydrogens is 200 g/mol. The van der Waals surface area contributed by atoms with E-state index in [9.17, 15) is 4.79 Å². The summed E-state index contributed by atoms with van der Waals surface area (Å²) >= 11 is 3.74. The second-order valence-corrected chi connectivity index (χ2v) is 6.54. The van der Waals surface area contributed by atoms with E-state index in [4.69, 9.17) is 0 Å². The highest BCUT2D eigenvalue weighted by Gasteiger charge is 2.30. The fourth-order valence-corrected chi connectivity index (χ4v) is 4.96. The van der Waals surface area contributed by atoms with Crippen LogP contribution in [0.1, 0.15) is 32.1 Å². The van der Waals surface area contributed by atoms with Gasteiger partial charge < -0.3 is 0 Å². The summed E-state index contributed by atoms with van der Waals surface area (Å²) in [6.07, 6.45) is 6.16. The minimum atomic E-state index is 0.289. The summed E-state index contributed by atoms with van der Waals surface area (Å²) < 4.78 is 0.289. The Labute approximate surface area is 88.4 Å². The summed E-state index contributed by atoms with van der Waals surface area (Å²) in [6.45, 7) is 0. The first-order valence-electron chi connectivity index (χ1n) is 5.15. The molecule has 1 aliphatic carbocycles. The predicted molar refractivity (Wildman–Crippen MR) is 60.3 cm³/mol. The molecule has 0 radical (unpaired) electrons. The van der Waals surface area contributed by atoms with Gasteiger partial charge in [0.15, 0.2) is 5.78 Å². The molecule has 74 valence electrons. The fraction of sp³-hybridized carbons (Fsp3) is 0.900.